The maximum Gasteiger partial charge on any atom is 0.351 e. The van der Waals surface area contributed by atoms with Gasteiger partial charge in [0, 0.05) is 36.1 Å². The topological polar surface area (TPSA) is 276 Å². The molecule has 4 aromatic carbocycles. The van der Waals surface area contributed by atoms with E-state index in [9.17, 15) is 34.6 Å². The van der Waals surface area contributed by atoms with Crippen LogP contribution in [-0.2, 0) is 69.0 Å². The van der Waals surface area contributed by atoms with E-state index in [0.29, 0.717) is 70.8 Å². The number of hydrogen-bond donors (Lipinski definition) is 0. The van der Waals surface area contributed by atoms with Crippen LogP contribution < -0.4 is 18.8 Å². The third-order valence-corrected chi connectivity index (χ3v) is 18.7. The van der Waals surface area contributed by atoms with E-state index in [-0.39, 0.29) is 90.5 Å². The summed E-state index contributed by atoms with van der Waals surface area (Å²) in [7, 11) is 5.02. The van der Waals surface area contributed by atoms with Crippen LogP contribution in [0, 0.1) is 66.6 Å². The molecular weight excluding hydrogens is 1090 g/mol. The van der Waals surface area contributed by atoms with E-state index in [1.54, 1.807) is 93.7 Å². The van der Waals surface area contributed by atoms with E-state index >= 15 is 0 Å². The highest BCUT2D eigenvalue weighted by Gasteiger charge is 2.65. The highest BCUT2D eigenvalue weighted by Crippen LogP contribution is 2.69. The van der Waals surface area contributed by atoms with Crippen LogP contribution >= 0.6 is 0 Å². The second kappa shape index (κ2) is 25.6. The van der Waals surface area contributed by atoms with Gasteiger partial charge in [-0.15, -0.1) is 18.7 Å². The van der Waals surface area contributed by atoms with Gasteiger partial charge in [0.25, 0.3) is 11.4 Å². The van der Waals surface area contributed by atoms with Gasteiger partial charge in [-0.1, -0.05) is 20.8 Å². The lowest BCUT2D eigenvalue weighted by Crippen LogP contribution is -2.60. The van der Waals surface area contributed by atoms with Crippen molar-refractivity contribution in [2.75, 3.05) is 7.11 Å². The summed E-state index contributed by atoms with van der Waals surface area (Å²) in [5.74, 6) is 2.08. The number of hydrogen-bond acceptors (Lipinski definition) is 18. The normalized spacial score (nSPS) is 24.7. The maximum atomic E-state index is 14.3. The van der Waals surface area contributed by atoms with Gasteiger partial charge in [-0.05, 0) is 172 Å². The molecule has 4 fully saturated rings. The van der Waals surface area contributed by atoms with Crippen LogP contribution in [0.15, 0.2) is 130 Å². The van der Waals surface area contributed by atoms with Crippen LogP contribution in [0.4, 0.5) is 34.1 Å². The van der Waals surface area contributed by atoms with Crippen LogP contribution in [0.25, 0.3) is 0 Å². The standard InChI is InChI=1S/C61H72N12O12/c1-39(7-28-57(74)81-6)53-26-27-54-52-25-8-40-31-51(84-58(75)35-70-33-47(68(4)66-70)37-82-49-21-13-43(14-22-49)64-62-41-9-17-45(18-10-41)72(77)78)29-30-60(40,2)55(52)32-56(61(53,54)3)85-59(76)36-71-34-48(69(5)67-71)38-83-50-23-15-44(16-24-50)65-63-42-11-19-46(20-12-42)73(79)80/h9-24,33-34,39-40,51-56H,7-8,25-32,35-38H2,1-6H3/q+2/t39-,40-,51-,52+,53-,54+,55+,56+,60+,61-/m1/s1. The second-order valence-electron chi connectivity index (χ2n) is 23.6. The molecule has 0 bridgehead atoms. The number of carbonyl (C=O) groups is 3. The van der Waals surface area contributed by atoms with E-state index in [4.69, 9.17) is 23.7 Å². The number of nitro benzene ring substituents is 2. The molecule has 10 atom stereocenters. The average Bonchev–Trinajstić information content (AvgIpc) is 1.74. The first-order chi connectivity index (χ1) is 40.8. The first kappa shape index (κ1) is 59.3. The largest absolute Gasteiger partial charge is 0.485 e. The SMILES string of the molecule is COC(=O)CC[C@@H](C)[C@H]1CC[C@H]2[C@@H]3CC[C@@H]4C[C@H](OC(=O)C[n+]5cc(COc6ccc(N=Nc7ccc([N+](=O)[O-])cc7)cc6)n(C)n5)CC[C@]4(C)[C@H]3C[C@H](OC(=O)C[n+]3cc(COc4ccc(N=Nc5ccc([N+](=O)[O-])cc5)cc4)n(C)n3)[C@]12C. The van der Waals surface area contributed by atoms with Crippen LogP contribution in [-0.4, -0.2) is 66.9 Å². The van der Waals surface area contributed by atoms with Gasteiger partial charge in [-0.25, -0.2) is 9.59 Å². The number of nitro groups is 2. The molecule has 0 N–H and O–H groups in total. The van der Waals surface area contributed by atoms with Crippen molar-refractivity contribution in [2.45, 2.75) is 123 Å². The van der Waals surface area contributed by atoms with Gasteiger partial charge < -0.3 is 23.7 Å². The zero-order valence-electron chi connectivity index (χ0n) is 48.7. The smallest absolute Gasteiger partial charge is 0.351 e. The minimum absolute atomic E-state index is 0.0216. The monoisotopic (exact) mass is 1160 g/mol. The second-order valence-corrected chi connectivity index (χ2v) is 23.6. The number of non-ortho nitro benzene ring substituents is 2. The van der Waals surface area contributed by atoms with Crippen LogP contribution in [0.2, 0.25) is 0 Å². The fourth-order valence-corrected chi connectivity index (χ4v) is 14.2. The van der Waals surface area contributed by atoms with Gasteiger partial charge in [0.1, 0.15) is 37.8 Å². The molecule has 85 heavy (non-hydrogen) atoms. The fraction of sp³-hybridized carbons (Fsp3) is 0.492. The molecular formula is C61H72N12O12+2. The Balaban J connectivity index is 0.744. The van der Waals surface area contributed by atoms with Gasteiger partial charge in [0.2, 0.25) is 24.5 Å². The number of ether oxygens (including phenoxy) is 5. The van der Waals surface area contributed by atoms with Crippen LogP contribution in [0.3, 0.4) is 0 Å². The summed E-state index contributed by atoms with van der Waals surface area (Å²) in [4.78, 5) is 61.3. The minimum Gasteiger partial charge on any atom is -0.485 e. The first-order valence-electron chi connectivity index (χ1n) is 28.9. The molecule has 0 radical (unpaired) electrons. The zero-order valence-corrected chi connectivity index (χ0v) is 48.7. The summed E-state index contributed by atoms with van der Waals surface area (Å²) >= 11 is 0. The number of nitrogens with zero attached hydrogens (tertiary/aromatic N) is 12. The Morgan fingerprint density at radius 3 is 1.61 bits per heavy atom. The van der Waals surface area contributed by atoms with Crippen molar-refractivity contribution in [1.82, 2.24) is 19.8 Å². The number of aromatic nitrogens is 6. The Morgan fingerprint density at radius 2 is 1.13 bits per heavy atom. The molecule has 10 rings (SSSR count). The van der Waals surface area contributed by atoms with Crippen molar-refractivity contribution in [2.24, 2.45) is 80.9 Å². The summed E-state index contributed by atoms with van der Waals surface area (Å²) in [6.07, 6.45) is 11.2. The molecule has 0 spiro atoms. The molecule has 0 amide bonds. The number of esters is 3. The highest BCUT2D eigenvalue weighted by molar-refractivity contribution is 5.69. The minimum atomic E-state index is -0.468. The Bertz CT molecular complexity index is 3440. The number of fused-ring (bicyclic) bond motifs is 5. The van der Waals surface area contributed by atoms with Gasteiger partial charge in [-0.3, -0.25) is 25.0 Å². The third kappa shape index (κ3) is 13.6. The van der Waals surface area contributed by atoms with Crippen LogP contribution in [0.5, 0.6) is 11.5 Å². The van der Waals surface area contributed by atoms with E-state index in [1.165, 1.54) is 55.6 Å². The predicted molar refractivity (Wildman–Crippen MR) is 304 cm³/mol. The van der Waals surface area contributed by atoms with Crippen molar-refractivity contribution in [3.63, 3.8) is 0 Å². The van der Waals surface area contributed by atoms with Gasteiger partial charge in [0.05, 0.1) is 50.1 Å². The Labute approximate surface area is 491 Å². The van der Waals surface area contributed by atoms with Crippen molar-refractivity contribution in [3.05, 3.63) is 141 Å². The van der Waals surface area contributed by atoms with Gasteiger partial charge >= 0.3 is 17.9 Å². The molecule has 2 aromatic heterocycles. The number of benzene rings is 4. The highest BCUT2D eigenvalue weighted by atomic mass is 16.6. The molecule has 4 aliphatic rings. The molecule has 24 nitrogen and oxygen atoms in total. The Hall–Kier alpha value is -8.83. The zero-order chi connectivity index (χ0) is 60.0. The molecule has 446 valence electrons. The lowest BCUT2D eigenvalue weighted by molar-refractivity contribution is -0.745. The van der Waals surface area contributed by atoms with Crippen molar-refractivity contribution in [1.29, 1.82) is 0 Å². The number of aryl methyl sites for hydroxylation is 2. The maximum absolute atomic E-state index is 14.3. The Kier molecular flexibility index (Phi) is 17.8. The Morgan fingerprint density at radius 1 is 0.647 bits per heavy atom. The number of carbonyl (C=O) groups excluding carboxylic acids is 3. The number of azo groups is 2. The average molecular weight is 1170 g/mol. The number of methoxy groups -OCH3 is 1. The van der Waals surface area contributed by atoms with E-state index in [0.717, 1.165) is 62.8 Å². The molecule has 0 unspecified atom stereocenters. The van der Waals surface area contributed by atoms with E-state index in [2.05, 4.69) is 51.7 Å². The predicted octanol–water partition coefficient (Wildman–Crippen LogP) is 10.9. The lowest BCUT2D eigenvalue weighted by atomic mass is 9.43. The third-order valence-electron chi connectivity index (χ3n) is 18.7. The molecule has 4 saturated carbocycles. The van der Waals surface area contributed by atoms with E-state index < -0.39 is 9.85 Å². The quantitative estimate of drug-likeness (QED) is 0.0153. The number of rotatable bonds is 22. The van der Waals surface area contributed by atoms with Crippen molar-refractivity contribution in [3.8, 4) is 11.5 Å². The fourth-order valence-electron chi connectivity index (χ4n) is 14.2. The molecule has 24 heteroatoms. The van der Waals surface area contributed by atoms with Crippen molar-refractivity contribution >= 4 is 52.0 Å². The summed E-state index contributed by atoms with van der Waals surface area (Å²) in [5, 5.41) is 47.8. The van der Waals surface area contributed by atoms with Crippen molar-refractivity contribution < 1.29 is 57.3 Å². The summed E-state index contributed by atoms with van der Waals surface area (Å²) in [6.45, 7) is 7.24. The molecule has 2 heterocycles. The van der Waals surface area contributed by atoms with Crippen LogP contribution in [0.1, 0.15) is 96.4 Å². The molecule has 4 aliphatic carbocycles. The summed E-state index contributed by atoms with van der Waals surface area (Å²) in [5.41, 5.74) is 3.19. The van der Waals surface area contributed by atoms with E-state index in [1.807, 2.05) is 0 Å². The molecule has 0 aliphatic heterocycles. The summed E-state index contributed by atoms with van der Waals surface area (Å²) < 4.78 is 36.7. The molecule has 6 aromatic rings. The van der Waals surface area contributed by atoms with Gasteiger partial charge in [0.15, 0.2) is 25.6 Å². The first-order valence-corrected chi connectivity index (χ1v) is 28.9. The lowest BCUT2D eigenvalue weighted by Gasteiger charge is -2.62. The summed E-state index contributed by atoms with van der Waals surface area (Å²) in [6, 6.07) is 25.7. The van der Waals surface area contributed by atoms with Gasteiger partial charge in [-0.2, -0.15) is 20.5 Å². The molecule has 0 saturated heterocycles.